The van der Waals surface area contributed by atoms with Gasteiger partial charge in [0.2, 0.25) is 0 Å². The SMILES string of the molecule is CC.CNC1CCCN(C(C)C)CC1F. The first kappa shape index (κ1) is 14.8. The van der Waals surface area contributed by atoms with Crippen LogP contribution < -0.4 is 5.32 Å². The predicted molar refractivity (Wildman–Crippen MR) is 65.0 cm³/mol. The quantitative estimate of drug-likeness (QED) is 0.766. The summed E-state index contributed by atoms with van der Waals surface area (Å²) in [7, 11) is 1.85. The van der Waals surface area contributed by atoms with E-state index in [9.17, 15) is 4.39 Å². The molecule has 1 aliphatic heterocycles. The summed E-state index contributed by atoms with van der Waals surface area (Å²) in [6.45, 7) is 9.89. The van der Waals surface area contributed by atoms with Crippen LogP contribution in [0.15, 0.2) is 0 Å². The Morgan fingerprint density at radius 3 is 2.40 bits per heavy atom. The van der Waals surface area contributed by atoms with E-state index >= 15 is 0 Å². The van der Waals surface area contributed by atoms with Crippen molar-refractivity contribution in [3.05, 3.63) is 0 Å². The van der Waals surface area contributed by atoms with Crippen LogP contribution >= 0.6 is 0 Å². The van der Waals surface area contributed by atoms with E-state index in [2.05, 4.69) is 24.1 Å². The van der Waals surface area contributed by atoms with E-state index in [1.165, 1.54) is 0 Å². The van der Waals surface area contributed by atoms with Crippen molar-refractivity contribution >= 4 is 0 Å². The predicted octanol–water partition coefficient (Wildman–Crippen LogP) is 2.44. The zero-order valence-corrected chi connectivity index (χ0v) is 10.9. The lowest BCUT2D eigenvalue weighted by Gasteiger charge is -2.26. The number of hydrogen-bond donors (Lipinski definition) is 1. The molecule has 0 saturated carbocycles. The van der Waals surface area contributed by atoms with Gasteiger partial charge in [-0.2, -0.15) is 0 Å². The average molecular weight is 218 g/mol. The first-order valence-corrected chi connectivity index (χ1v) is 6.20. The number of rotatable bonds is 2. The highest BCUT2D eigenvalue weighted by Crippen LogP contribution is 2.15. The standard InChI is InChI=1S/C10H21FN2.C2H6/c1-8(2)13-6-4-5-10(12-3)9(11)7-13;1-2/h8-10,12H,4-7H2,1-3H3;1-2H3. The fourth-order valence-electron chi connectivity index (χ4n) is 1.93. The molecule has 2 atom stereocenters. The Morgan fingerprint density at radius 1 is 1.33 bits per heavy atom. The van der Waals surface area contributed by atoms with Crippen LogP contribution in [0.5, 0.6) is 0 Å². The van der Waals surface area contributed by atoms with Crippen molar-refractivity contribution in [2.75, 3.05) is 20.1 Å². The van der Waals surface area contributed by atoms with Crippen LogP contribution in [0.2, 0.25) is 0 Å². The van der Waals surface area contributed by atoms with Crippen LogP contribution in [0.4, 0.5) is 4.39 Å². The third-order valence-corrected chi connectivity index (χ3v) is 2.91. The van der Waals surface area contributed by atoms with Crippen molar-refractivity contribution in [1.82, 2.24) is 10.2 Å². The molecule has 0 bridgehead atoms. The monoisotopic (exact) mass is 218 g/mol. The van der Waals surface area contributed by atoms with Gasteiger partial charge in [-0.3, -0.25) is 4.90 Å². The number of likely N-dealkylation sites (tertiary alicyclic amines) is 1. The van der Waals surface area contributed by atoms with Gasteiger partial charge in [0, 0.05) is 18.6 Å². The van der Waals surface area contributed by atoms with Gasteiger partial charge in [0.15, 0.2) is 0 Å². The van der Waals surface area contributed by atoms with Crippen LogP contribution in [-0.4, -0.2) is 43.3 Å². The highest BCUT2D eigenvalue weighted by molar-refractivity contribution is 4.83. The van der Waals surface area contributed by atoms with Gasteiger partial charge in [-0.15, -0.1) is 0 Å². The van der Waals surface area contributed by atoms with Gasteiger partial charge in [0.05, 0.1) is 0 Å². The number of halogens is 1. The molecule has 2 nitrogen and oxygen atoms in total. The summed E-state index contributed by atoms with van der Waals surface area (Å²) in [6, 6.07) is 0.526. The summed E-state index contributed by atoms with van der Waals surface area (Å²) in [4.78, 5) is 2.22. The van der Waals surface area contributed by atoms with E-state index in [4.69, 9.17) is 0 Å². The fourth-order valence-corrected chi connectivity index (χ4v) is 1.93. The molecule has 0 aliphatic carbocycles. The topological polar surface area (TPSA) is 15.3 Å². The van der Waals surface area contributed by atoms with Gasteiger partial charge >= 0.3 is 0 Å². The molecule has 0 spiro atoms. The summed E-state index contributed by atoms with van der Waals surface area (Å²) < 4.78 is 13.6. The molecule has 15 heavy (non-hydrogen) atoms. The first-order valence-electron chi connectivity index (χ1n) is 6.20. The summed E-state index contributed by atoms with van der Waals surface area (Å²) in [5, 5.41) is 3.05. The van der Waals surface area contributed by atoms with E-state index in [1.54, 1.807) is 0 Å². The molecule has 1 saturated heterocycles. The Morgan fingerprint density at radius 2 is 1.93 bits per heavy atom. The molecule has 1 fully saturated rings. The van der Waals surface area contributed by atoms with Crippen molar-refractivity contribution in [3.8, 4) is 0 Å². The largest absolute Gasteiger partial charge is 0.314 e. The lowest BCUT2D eigenvalue weighted by Crippen LogP contribution is -2.41. The molecule has 0 aromatic carbocycles. The Balaban J connectivity index is 0.000000921. The second-order valence-electron chi connectivity index (χ2n) is 4.14. The smallest absolute Gasteiger partial charge is 0.128 e. The molecule has 0 radical (unpaired) electrons. The van der Waals surface area contributed by atoms with Crippen molar-refractivity contribution in [3.63, 3.8) is 0 Å². The molecule has 0 aromatic heterocycles. The first-order chi connectivity index (χ1) is 7.15. The van der Waals surface area contributed by atoms with Gasteiger partial charge in [-0.25, -0.2) is 4.39 Å². The Bertz CT molecular complexity index is 151. The van der Waals surface area contributed by atoms with Gasteiger partial charge in [-0.1, -0.05) is 13.8 Å². The summed E-state index contributed by atoms with van der Waals surface area (Å²) in [5.74, 6) is 0. The molecular formula is C12H27FN2. The lowest BCUT2D eigenvalue weighted by atomic mass is 10.1. The molecule has 92 valence electrons. The maximum atomic E-state index is 13.6. The molecule has 1 heterocycles. The molecule has 0 aromatic rings. The zero-order chi connectivity index (χ0) is 11.8. The van der Waals surface area contributed by atoms with E-state index in [0.717, 1.165) is 19.4 Å². The highest BCUT2D eigenvalue weighted by atomic mass is 19.1. The van der Waals surface area contributed by atoms with Crippen molar-refractivity contribution in [1.29, 1.82) is 0 Å². The maximum absolute atomic E-state index is 13.6. The number of hydrogen-bond acceptors (Lipinski definition) is 2. The number of alkyl halides is 1. The molecule has 1 aliphatic rings. The zero-order valence-electron chi connectivity index (χ0n) is 10.9. The van der Waals surface area contributed by atoms with Gasteiger partial charge in [0.1, 0.15) is 6.17 Å². The normalized spacial score (nSPS) is 28.2. The van der Waals surface area contributed by atoms with Crippen LogP contribution in [0, 0.1) is 0 Å². The van der Waals surface area contributed by atoms with Crippen LogP contribution in [-0.2, 0) is 0 Å². The summed E-state index contributed by atoms with van der Waals surface area (Å²) in [6.07, 6.45) is 1.35. The van der Waals surface area contributed by atoms with Crippen molar-refractivity contribution < 1.29 is 4.39 Å². The second-order valence-corrected chi connectivity index (χ2v) is 4.14. The molecule has 1 rings (SSSR count). The van der Waals surface area contributed by atoms with Crippen molar-refractivity contribution in [2.24, 2.45) is 0 Å². The number of nitrogens with zero attached hydrogens (tertiary/aromatic N) is 1. The molecule has 1 N–H and O–H groups in total. The Labute approximate surface area is 94.2 Å². The van der Waals surface area contributed by atoms with Crippen molar-refractivity contribution in [2.45, 2.75) is 58.8 Å². The molecular weight excluding hydrogens is 191 g/mol. The fraction of sp³-hybridized carbons (Fsp3) is 1.00. The van der Waals surface area contributed by atoms with E-state index < -0.39 is 6.17 Å². The minimum atomic E-state index is -0.713. The van der Waals surface area contributed by atoms with E-state index in [0.29, 0.717) is 12.6 Å². The molecule has 3 heteroatoms. The van der Waals surface area contributed by atoms with Crippen LogP contribution in [0.25, 0.3) is 0 Å². The van der Waals surface area contributed by atoms with E-state index in [-0.39, 0.29) is 6.04 Å². The minimum Gasteiger partial charge on any atom is -0.314 e. The lowest BCUT2D eigenvalue weighted by molar-refractivity contribution is 0.159. The minimum absolute atomic E-state index is 0.0590. The second kappa shape index (κ2) is 8.05. The third kappa shape index (κ3) is 4.94. The van der Waals surface area contributed by atoms with Gasteiger partial charge < -0.3 is 5.32 Å². The molecule has 2 unspecified atom stereocenters. The highest BCUT2D eigenvalue weighted by Gasteiger charge is 2.26. The third-order valence-electron chi connectivity index (χ3n) is 2.91. The van der Waals surface area contributed by atoms with Crippen LogP contribution in [0.1, 0.15) is 40.5 Å². The summed E-state index contributed by atoms with van der Waals surface area (Å²) >= 11 is 0. The summed E-state index contributed by atoms with van der Waals surface area (Å²) in [5.41, 5.74) is 0. The Hall–Kier alpha value is -0.150. The number of nitrogens with one attached hydrogen (secondary N) is 1. The van der Waals surface area contributed by atoms with Crippen LogP contribution in [0.3, 0.4) is 0 Å². The maximum Gasteiger partial charge on any atom is 0.128 e. The van der Waals surface area contributed by atoms with Gasteiger partial charge in [-0.05, 0) is 40.3 Å². The Kier molecular flexibility index (Phi) is 7.97. The van der Waals surface area contributed by atoms with Gasteiger partial charge in [0.25, 0.3) is 0 Å². The average Bonchev–Trinajstić information content (AvgIpc) is 2.42. The van der Waals surface area contributed by atoms with E-state index in [1.807, 2.05) is 20.9 Å². The molecule has 0 amide bonds.